The van der Waals surface area contributed by atoms with Crippen molar-refractivity contribution in [3.8, 4) is 5.75 Å². The zero-order chi connectivity index (χ0) is 32.9. The van der Waals surface area contributed by atoms with E-state index in [1.807, 2.05) is 0 Å². The van der Waals surface area contributed by atoms with Crippen LogP contribution in [-0.4, -0.2) is 149 Å². The number of rotatable bonds is 13. The molecule has 2 heterocycles. The van der Waals surface area contributed by atoms with Crippen LogP contribution in [0.2, 0.25) is 0 Å². The van der Waals surface area contributed by atoms with Gasteiger partial charge < -0.3 is 74.7 Å². The molecule has 0 aromatic heterocycles. The second-order valence-electron chi connectivity index (χ2n) is 10.7. The van der Waals surface area contributed by atoms with Crippen LogP contribution in [0.15, 0.2) is 24.3 Å². The lowest BCUT2D eigenvalue weighted by Crippen LogP contribution is -2.66. The Morgan fingerprint density at radius 1 is 0.841 bits per heavy atom. The lowest BCUT2D eigenvalue weighted by Gasteiger charge is -2.45. The highest BCUT2D eigenvalue weighted by Gasteiger charge is 2.59. The van der Waals surface area contributed by atoms with Crippen molar-refractivity contribution in [3.63, 3.8) is 0 Å². The Hall–Kier alpha value is -2.52. The van der Waals surface area contributed by atoms with Crippen LogP contribution in [0.4, 0.5) is 0 Å². The number of carbonyl (C=O) groups is 2. The Bertz CT molecular complexity index is 1080. The van der Waals surface area contributed by atoms with Crippen LogP contribution in [-0.2, 0) is 35.1 Å². The van der Waals surface area contributed by atoms with E-state index in [9.17, 15) is 60.7 Å². The summed E-state index contributed by atoms with van der Waals surface area (Å²) in [7, 11) is 0. The third-order valence-corrected chi connectivity index (χ3v) is 7.86. The van der Waals surface area contributed by atoms with Gasteiger partial charge in [-0.05, 0) is 23.6 Å². The number of benzene rings is 1. The molecule has 0 unspecified atom stereocenters. The van der Waals surface area contributed by atoms with E-state index in [1.54, 1.807) is 6.92 Å². The first-order valence-corrected chi connectivity index (χ1v) is 13.9. The first-order chi connectivity index (χ1) is 20.7. The van der Waals surface area contributed by atoms with E-state index in [4.69, 9.17) is 23.7 Å². The van der Waals surface area contributed by atoms with Gasteiger partial charge >= 0.3 is 11.9 Å². The van der Waals surface area contributed by atoms with Crippen LogP contribution in [0, 0.1) is 5.92 Å². The average molecular weight is 637 g/mol. The first-order valence-electron chi connectivity index (χ1n) is 13.9. The zero-order valence-corrected chi connectivity index (χ0v) is 23.9. The summed E-state index contributed by atoms with van der Waals surface area (Å²) in [6.45, 7) is 0.976. The number of carboxylic acid groups (broad SMARTS) is 1. The molecule has 2 aliphatic heterocycles. The lowest BCUT2D eigenvalue weighted by atomic mass is 9.81. The van der Waals surface area contributed by atoms with E-state index in [0.717, 1.165) is 0 Å². The molecule has 0 bridgehead atoms. The Kier molecular flexibility index (Phi) is 12.4. The van der Waals surface area contributed by atoms with Crippen LogP contribution >= 0.6 is 0 Å². The maximum absolute atomic E-state index is 13.5. The van der Waals surface area contributed by atoms with Gasteiger partial charge in [-0.2, -0.15) is 0 Å². The third-order valence-electron chi connectivity index (χ3n) is 7.86. The molecule has 0 spiro atoms. The summed E-state index contributed by atoms with van der Waals surface area (Å²) in [6, 6.07) is 5.60. The maximum Gasteiger partial charge on any atom is 0.342 e. The van der Waals surface area contributed by atoms with Gasteiger partial charge in [0.1, 0.15) is 61.2 Å². The summed E-state index contributed by atoms with van der Waals surface area (Å²) in [5.74, 6) is -4.20. The van der Waals surface area contributed by atoms with Gasteiger partial charge in [-0.25, -0.2) is 9.59 Å². The van der Waals surface area contributed by atoms with Crippen LogP contribution in [0.5, 0.6) is 5.75 Å². The number of aliphatic hydroxyl groups excluding tert-OH is 9. The molecular formula is C27H40O17. The first kappa shape index (κ1) is 36.0. The van der Waals surface area contributed by atoms with Crippen molar-refractivity contribution in [2.75, 3.05) is 13.2 Å². The Labute approximate surface area is 251 Å². The van der Waals surface area contributed by atoms with E-state index >= 15 is 0 Å². The summed E-state index contributed by atoms with van der Waals surface area (Å²) in [5.41, 5.74) is -2.37. The summed E-state index contributed by atoms with van der Waals surface area (Å²) in [6.07, 6.45) is -19.1. The highest BCUT2D eigenvalue weighted by Crippen LogP contribution is 2.36. The molecule has 2 aliphatic rings. The summed E-state index contributed by atoms with van der Waals surface area (Å²) >= 11 is 0. The second kappa shape index (κ2) is 15.2. The number of hydrogen-bond acceptors (Lipinski definition) is 16. The zero-order valence-electron chi connectivity index (χ0n) is 23.9. The molecule has 0 saturated carbocycles. The fourth-order valence-corrected chi connectivity index (χ4v) is 4.88. The van der Waals surface area contributed by atoms with E-state index < -0.39 is 111 Å². The molecule has 0 aliphatic carbocycles. The standard InChI is InChI=1S/C27H40O17/c1-3-11(2)27(22(36)23(37)38,44-25-21(35)19(33)17(31)15(9-29)43-25)26(39)40-10-12-4-6-13(7-5-12)41-24-20(34)18(32)16(30)14(8-28)42-24/h4-7,11,14-22,24-25,28-36H,3,8-10H2,1-2H3,(H,37,38)/t11-,14-,15-,16-,17-,18+,19+,20-,21-,22+,24-,25+,27-/m1/s1. The van der Waals surface area contributed by atoms with Gasteiger partial charge in [-0.15, -0.1) is 0 Å². The molecule has 44 heavy (non-hydrogen) atoms. The maximum atomic E-state index is 13.5. The van der Waals surface area contributed by atoms with E-state index in [-0.39, 0.29) is 12.2 Å². The predicted molar refractivity (Wildman–Crippen MR) is 141 cm³/mol. The normalized spacial score (nSPS) is 35.2. The summed E-state index contributed by atoms with van der Waals surface area (Å²) in [4.78, 5) is 25.5. The van der Waals surface area contributed by atoms with Crippen LogP contribution in [0.1, 0.15) is 25.8 Å². The van der Waals surface area contributed by atoms with Crippen molar-refractivity contribution >= 4 is 11.9 Å². The molecule has 17 heteroatoms. The summed E-state index contributed by atoms with van der Waals surface area (Å²) in [5, 5.41) is 99.9. The molecule has 17 nitrogen and oxygen atoms in total. The molecular weight excluding hydrogens is 596 g/mol. The fourth-order valence-electron chi connectivity index (χ4n) is 4.88. The van der Waals surface area contributed by atoms with Gasteiger partial charge in [0, 0.05) is 0 Å². The second-order valence-corrected chi connectivity index (χ2v) is 10.7. The largest absolute Gasteiger partial charge is 0.479 e. The third kappa shape index (κ3) is 7.30. The molecule has 0 amide bonds. The molecule has 3 rings (SSSR count). The molecule has 0 radical (unpaired) electrons. The Morgan fingerprint density at radius 3 is 1.82 bits per heavy atom. The van der Waals surface area contributed by atoms with Gasteiger partial charge in [0.05, 0.1) is 13.2 Å². The number of aliphatic hydroxyl groups is 9. The molecule has 13 atom stereocenters. The molecule has 2 saturated heterocycles. The molecule has 1 aromatic carbocycles. The summed E-state index contributed by atoms with van der Waals surface area (Å²) < 4.78 is 27.1. The van der Waals surface area contributed by atoms with E-state index in [0.29, 0.717) is 5.56 Å². The lowest BCUT2D eigenvalue weighted by molar-refractivity contribution is -0.338. The smallest absolute Gasteiger partial charge is 0.342 e. The molecule has 2 fully saturated rings. The van der Waals surface area contributed by atoms with Gasteiger partial charge in [0.15, 0.2) is 12.4 Å². The monoisotopic (exact) mass is 636 g/mol. The molecule has 10 N–H and O–H groups in total. The predicted octanol–water partition coefficient (Wildman–Crippen LogP) is -4.04. The van der Waals surface area contributed by atoms with Crippen molar-refractivity contribution in [2.45, 2.75) is 100.0 Å². The minimum Gasteiger partial charge on any atom is -0.479 e. The highest BCUT2D eigenvalue weighted by molar-refractivity contribution is 5.89. The SMILES string of the molecule is CC[C@@H](C)[C@](O[C@@H]1O[C@H](CO)[C@@H](O)[C@H](O)[C@H]1O)(C(=O)OCc1ccc(O[C@@H]2O[C@H](CO)[C@@H](O)[C@H](O)[C@H]2O)cc1)[C@@H](O)C(=O)O. The van der Waals surface area contributed by atoms with Crippen molar-refractivity contribution < 1.29 is 84.3 Å². The van der Waals surface area contributed by atoms with Gasteiger partial charge in [-0.1, -0.05) is 32.4 Å². The van der Waals surface area contributed by atoms with Crippen LogP contribution in [0.25, 0.3) is 0 Å². The molecule has 250 valence electrons. The average Bonchev–Trinajstić information content (AvgIpc) is 3.02. The Balaban J connectivity index is 1.78. The minimum atomic E-state index is -2.69. The number of aliphatic carboxylic acids is 1. The van der Waals surface area contributed by atoms with Gasteiger partial charge in [-0.3, -0.25) is 0 Å². The van der Waals surface area contributed by atoms with Gasteiger partial charge in [0.25, 0.3) is 0 Å². The van der Waals surface area contributed by atoms with Crippen molar-refractivity contribution in [2.24, 2.45) is 5.92 Å². The molecule has 1 aromatic rings. The number of carboxylic acids is 1. The number of hydrogen-bond donors (Lipinski definition) is 10. The van der Waals surface area contributed by atoms with Crippen LogP contribution < -0.4 is 4.74 Å². The van der Waals surface area contributed by atoms with E-state index in [2.05, 4.69) is 0 Å². The fraction of sp³-hybridized carbons (Fsp3) is 0.704. The topological polar surface area (TPSA) is 283 Å². The number of esters is 1. The van der Waals surface area contributed by atoms with Crippen molar-refractivity contribution in [3.05, 3.63) is 29.8 Å². The van der Waals surface area contributed by atoms with E-state index in [1.165, 1.54) is 31.2 Å². The quantitative estimate of drug-likeness (QED) is 0.0922. The Morgan fingerprint density at radius 2 is 1.34 bits per heavy atom. The number of carbonyl (C=O) groups excluding carboxylic acids is 1. The van der Waals surface area contributed by atoms with Gasteiger partial charge in [0.2, 0.25) is 11.9 Å². The van der Waals surface area contributed by atoms with Crippen molar-refractivity contribution in [1.82, 2.24) is 0 Å². The minimum absolute atomic E-state index is 0.0564. The number of ether oxygens (including phenoxy) is 5. The van der Waals surface area contributed by atoms with Crippen LogP contribution in [0.3, 0.4) is 0 Å². The highest BCUT2D eigenvalue weighted by atomic mass is 16.7. The van der Waals surface area contributed by atoms with Crippen molar-refractivity contribution in [1.29, 1.82) is 0 Å².